The quantitative estimate of drug-likeness (QED) is 0.483. The summed E-state index contributed by atoms with van der Waals surface area (Å²) in [6, 6.07) is 7.30. The van der Waals surface area contributed by atoms with E-state index in [1.165, 1.54) is 11.3 Å². The first kappa shape index (κ1) is 15.3. The molecule has 0 saturated heterocycles. The number of ether oxygens (including phenoxy) is 2. The van der Waals surface area contributed by atoms with E-state index in [4.69, 9.17) is 15.2 Å². The predicted molar refractivity (Wildman–Crippen MR) is 82.7 cm³/mol. The van der Waals surface area contributed by atoms with Crippen molar-refractivity contribution >= 4 is 23.0 Å². The van der Waals surface area contributed by atoms with Gasteiger partial charge in [-0.3, -0.25) is 0 Å². The Kier molecular flexibility index (Phi) is 5.57. The molecular weight excluding hydrogens is 288 g/mol. The third kappa shape index (κ3) is 4.75. The second-order valence-corrected chi connectivity index (χ2v) is 5.31. The van der Waals surface area contributed by atoms with Crippen LogP contribution in [0.2, 0.25) is 0 Å². The van der Waals surface area contributed by atoms with Crippen molar-refractivity contribution < 1.29 is 14.3 Å². The van der Waals surface area contributed by atoms with Crippen LogP contribution in [0.5, 0.6) is 5.75 Å². The van der Waals surface area contributed by atoms with E-state index in [-0.39, 0.29) is 5.97 Å². The number of nitrogens with zero attached hydrogens (tertiary/aromatic N) is 1. The summed E-state index contributed by atoms with van der Waals surface area (Å²) in [6.07, 6.45) is 1.61. The van der Waals surface area contributed by atoms with Gasteiger partial charge < -0.3 is 15.2 Å². The predicted octanol–water partition coefficient (Wildman–Crippen LogP) is 2.91. The van der Waals surface area contributed by atoms with Gasteiger partial charge in [0.1, 0.15) is 5.75 Å². The number of carbonyl (C=O) groups excluding carboxylic acids is 1. The molecule has 1 aromatic carbocycles. The van der Waals surface area contributed by atoms with Gasteiger partial charge in [0.25, 0.3) is 0 Å². The molecule has 2 N–H and O–H groups in total. The Morgan fingerprint density at radius 1 is 1.33 bits per heavy atom. The van der Waals surface area contributed by atoms with E-state index in [1.54, 1.807) is 12.3 Å². The topological polar surface area (TPSA) is 74.4 Å². The third-order valence-electron chi connectivity index (χ3n) is 2.72. The number of aromatic nitrogens is 1. The lowest BCUT2D eigenvalue weighted by Gasteiger charge is -2.05. The zero-order valence-electron chi connectivity index (χ0n) is 11.9. The summed E-state index contributed by atoms with van der Waals surface area (Å²) in [4.78, 5) is 15.7. The lowest BCUT2D eigenvalue weighted by molar-refractivity contribution is 0.0520. The van der Waals surface area contributed by atoms with Crippen LogP contribution in [-0.2, 0) is 11.2 Å². The van der Waals surface area contributed by atoms with Crippen LogP contribution in [0.15, 0.2) is 29.6 Å². The van der Waals surface area contributed by atoms with Crippen LogP contribution in [0.3, 0.4) is 0 Å². The third-order valence-corrected chi connectivity index (χ3v) is 3.63. The number of carbonyl (C=O) groups is 1. The standard InChI is InChI=1S/C15H18N2O3S/c1-2-19-15(18)13-10-21-14(17-13)4-3-9-20-12-7-5-11(16)6-8-12/h5-8,10H,2-4,9,16H2,1H3. The Morgan fingerprint density at radius 2 is 2.10 bits per heavy atom. The molecule has 2 rings (SSSR count). The van der Waals surface area contributed by atoms with Crippen LogP contribution in [0.25, 0.3) is 0 Å². The fourth-order valence-electron chi connectivity index (χ4n) is 1.70. The van der Waals surface area contributed by atoms with Gasteiger partial charge in [-0.1, -0.05) is 0 Å². The molecule has 0 bridgehead atoms. The molecule has 5 nitrogen and oxygen atoms in total. The lowest BCUT2D eigenvalue weighted by Crippen LogP contribution is -2.05. The maximum Gasteiger partial charge on any atom is 0.357 e. The average Bonchev–Trinajstić information content (AvgIpc) is 2.95. The Balaban J connectivity index is 1.73. The molecular formula is C15H18N2O3S. The van der Waals surface area contributed by atoms with E-state index >= 15 is 0 Å². The SMILES string of the molecule is CCOC(=O)c1csc(CCCOc2ccc(N)cc2)n1. The lowest BCUT2D eigenvalue weighted by atomic mass is 10.3. The van der Waals surface area contributed by atoms with Gasteiger partial charge in [0.15, 0.2) is 5.69 Å². The molecule has 1 aromatic heterocycles. The van der Waals surface area contributed by atoms with E-state index in [2.05, 4.69) is 4.98 Å². The van der Waals surface area contributed by atoms with Crippen molar-refractivity contribution in [1.29, 1.82) is 0 Å². The monoisotopic (exact) mass is 306 g/mol. The number of thiazole rings is 1. The molecule has 0 amide bonds. The molecule has 0 fully saturated rings. The Labute approximate surface area is 127 Å². The van der Waals surface area contributed by atoms with Crippen LogP contribution >= 0.6 is 11.3 Å². The minimum atomic E-state index is -0.363. The minimum absolute atomic E-state index is 0.362. The number of anilines is 1. The Hall–Kier alpha value is -2.08. The van der Waals surface area contributed by atoms with Crippen molar-refractivity contribution in [3.63, 3.8) is 0 Å². The summed E-state index contributed by atoms with van der Waals surface area (Å²) in [5.74, 6) is 0.439. The van der Waals surface area contributed by atoms with Crippen LogP contribution in [0.4, 0.5) is 5.69 Å². The van der Waals surface area contributed by atoms with Crippen molar-refractivity contribution in [3.05, 3.63) is 40.3 Å². The maximum absolute atomic E-state index is 11.5. The van der Waals surface area contributed by atoms with Gasteiger partial charge in [0.2, 0.25) is 0 Å². The first-order chi connectivity index (χ1) is 10.2. The largest absolute Gasteiger partial charge is 0.494 e. The number of benzene rings is 1. The van der Waals surface area contributed by atoms with Gasteiger partial charge in [-0.2, -0.15) is 0 Å². The van der Waals surface area contributed by atoms with Crippen LogP contribution in [-0.4, -0.2) is 24.2 Å². The highest BCUT2D eigenvalue weighted by molar-refractivity contribution is 7.09. The molecule has 0 radical (unpaired) electrons. The summed E-state index contributed by atoms with van der Waals surface area (Å²) in [5.41, 5.74) is 6.71. The van der Waals surface area contributed by atoms with Gasteiger partial charge in [0, 0.05) is 17.5 Å². The molecule has 1 heterocycles. The van der Waals surface area contributed by atoms with Crippen LogP contribution in [0, 0.1) is 0 Å². The van der Waals surface area contributed by atoms with Gasteiger partial charge in [-0.05, 0) is 37.6 Å². The van der Waals surface area contributed by atoms with Gasteiger partial charge in [-0.25, -0.2) is 9.78 Å². The van der Waals surface area contributed by atoms with Crippen molar-refractivity contribution in [3.8, 4) is 5.75 Å². The highest BCUT2D eigenvalue weighted by Crippen LogP contribution is 2.15. The maximum atomic E-state index is 11.5. The van der Waals surface area contributed by atoms with Gasteiger partial charge >= 0.3 is 5.97 Å². The fourth-order valence-corrected chi connectivity index (χ4v) is 2.51. The molecule has 112 valence electrons. The summed E-state index contributed by atoms with van der Waals surface area (Å²) in [7, 11) is 0. The smallest absolute Gasteiger partial charge is 0.357 e. The van der Waals surface area contributed by atoms with Crippen LogP contribution < -0.4 is 10.5 Å². The second-order valence-electron chi connectivity index (χ2n) is 4.37. The van der Waals surface area contributed by atoms with E-state index < -0.39 is 0 Å². The van der Waals surface area contributed by atoms with Crippen molar-refractivity contribution in [2.75, 3.05) is 18.9 Å². The van der Waals surface area contributed by atoms with E-state index in [9.17, 15) is 4.79 Å². The fraction of sp³-hybridized carbons (Fsp3) is 0.333. The van der Waals surface area contributed by atoms with E-state index in [0.29, 0.717) is 18.9 Å². The number of nitrogens with two attached hydrogens (primary N) is 1. The Bertz CT molecular complexity index is 581. The number of esters is 1. The molecule has 0 unspecified atom stereocenters. The first-order valence-electron chi connectivity index (χ1n) is 6.79. The normalized spacial score (nSPS) is 10.3. The molecule has 0 saturated carbocycles. The molecule has 0 aliphatic carbocycles. The Morgan fingerprint density at radius 3 is 2.81 bits per heavy atom. The summed E-state index contributed by atoms with van der Waals surface area (Å²) < 4.78 is 10.5. The van der Waals surface area contributed by atoms with Crippen molar-refractivity contribution in [2.45, 2.75) is 19.8 Å². The number of hydrogen-bond donors (Lipinski definition) is 1. The highest BCUT2D eigenvalue weighted by Gasteiger charge is 2.11. The van der Waals surface area contributed by atoms with Gasteiger partial charge in [0.05, 0.1) is 18.2 Å². The van der Waals surface area contributed by atoms with Crippen molar-refractivity contribution in [2.24, 2.45) is 0 Å². The molecule has 6 heteroatoms. The zero-order valence-corrected chi connectivity index (χ0v) is 12.7. The van der Waals surface area contributed by atoms with Crippen molar-refractivity contribution in [1.82, 2.24) is 4.98 Å². The number of aryl methyl sites for hydroxylation is 1. The van der Waals surface area contributed by atoms with Crippen LogP contribution in [0.1, 0.15) is 28.8 Å². The summed E-state index contributed by atoms with van der Waals surface area (Å²) in [5, 5.41) is 2.65. The molecule has 0 spiro atoms. The summed E-state index contributed by atoms with van der Waals surface area (Å²) in [6.45, 7) is 2.74. The number of hydrogen-bond acceptors (Lipinski definition) is 6. The molecule has 2 aromatic rings. The summed E-state index contributed by atoms with van der Waals surface area (Å²) >= 11 is 1.47. The molecule has 0 aliphatic rings. The van der Waals surface area contributed by atoms with E-state index in [0.717, 1.165) is 29.3 Å². The highest BCUT2D eigenvalue weighted by atomic mass is 32.1. The zero-order chi connectivity index (χ0) is 15.1. The molecule has 21 heavy (non-hydrogen) atoms. The molecule has 0 aliphatic heterocycles. The molecule has 0 atom stereocenters. The number of nitrogen functional groups attached to an aromatic ring is 1. The van der Waals surface area contributed by atoms with Gasteiger partial charge in [-0.15, -0.1) is 11.3 Å². The second kappa shape index (κ2) is 7.64. The minimum Gasteiger partial charge on any atom is -0.494 e. The number of rotatable bonds is 7. The van der Waals surface area contributed by atoms with E-state index in [1.807, 2.05) is 24.3 Å². The average molecular weight is 306 g/mol. The first-order valence-corrected chi connectivity index (χ1v) is 7.67.